The van der Waals surface area contributed by atoms with Gasteiger partial charge in [-0.1, -0.05) is 12.1 Å². The molecule has 2 heterocycles. The minimum Gasteiger partial charge on any atom is -0.506 e. The number of aromatic nitrogens is 3. The Hall–Kier alpha value is -2.56. The van der Waals surface area contributed by atoms with Crippen molar-refractivity contribution in [2.75, 3.05) is 7.11 Å². The molecule has 0 atom stereocenters. The number of para-hydroxylation sites is 2. The summed E-state index contributed by atoms with van der Waals surface area (Å²) in [6.07, 6.45) is 0. The number of hydrogen-bond donors (Lipinski definition) is 1. The minimum atomic E-state index is 0.233. The molecule has 0 saturated carbocycles. The van der Waals surface area contributed by atoms with Gasteiger partial charge in [0.1, 0.15) is 28.2 Å². The summed E-state index contributed by atoms with van der Waals surface area (Å²) >= 11 is 0. The van der Waals surface area contributed by atoms with Crippen molar-refractivity contribution in [1.82, 2.24) is 14.1 Å². The van der Waals surface area contributed by atoms with Crippen molar-refractivity contribution in [2.24, 2.45) is 0 Å². The lowest BCUT2D eigenvalue weighted by Crippen LogP contribution is -1.89. The lowest BCUT2D eigenvalue weighted by Gasteiger charge is -2.02. The predicted molar refractivity (Wildman–Crippen MR) is 67.1 cm³/mol. The van der Waals surface area contributed by atoms with Crippen LogP contribution in [0.3, 0.4) is 0 Å². The molecule has 1 N–H and O–H groups in total. The zero-order valence-corrected chi connectivity index (χ0v) is 9.74. The largest absolute Gasteiger partial charge is 0.506 e. The van der Waals surface area contributed by atoms with Gasteiger partial charge in [-0.15, -0.1) is 14.1 Å². The molecular formula is C13H11N3O2. The van der Waals surface area contributed by atoms with Crippen LogP contribution in [0.5, 0.6) is 11.5 Å². The fraction of sp³-hybridized carbons (Fsp3) is 0.0769. The van der Waals surface area contributed by atoms with Crippen molar-refractivity contribution in [3.63, 3.8) is 0 Å². The molecule has 0 bridgehead atoms. The highest BCUT2D eigenvalue weighted by Crippen LogP contribution is 2.32. The third-order valence-corrected chi connectivity index (χ3v) is 3.22. The van der Waals surface area contributed by atoms with Crippen molar-refractivity contribution in [3.05, 3.63) is 42.5 Å². The number of fused-ring (bicyclic) bond motifs is 4. The topological polar surface area (TPSA) is 43.2 Å². The number of phenolic OH excluding ortho intramolecular Hbond substituents is 1. The van der Waals surface area contributed by atoms with Crippen molar-refractivity contribution >= 4 is 11.0 Å². The van der Waals surface area contributed by atoms with Crippen molar-refractivity contribution < 1.29 is 9.84 Å². The Morgan fingerprint density at radius 2 is 1.67 bits per heavy atom. The molecule has 0 fully saturated rings. The van der Waals surface area contributed by atoms with E-state index in [0.29, 0.717) is 5.69 Å². The van der Waals surface area contributed by atoms with Crippen LogP contribution < -0.4 is 4.74 Å². The fourth-order valence-electron chi connectivity index (χ4n) is 2.29. The van der Waals surface area contributed by atoms with E-state index in [-0.39, 0.29) is 5.75 Å². The lowest BCUT2D eigenvalue weighted by molar-refractivity contribution is 0.411. The van der Waals surface area contributed by atoms with Crippen molar-refractivity contribution in [2.45, 2.75) is 0 Å². The normalized spacial score (nSPS) is 11.8. The van der Waals surface area contributed by atoms with E-state index in [1.165, 1.54) is 0 Å². The summed E-state index contributed by atoms with van der Waals surface area (Å²) in [7, 11) is 1.61. The van der Waals surface area contributed by atoms with Crippen LogP contribution in [0.2, 0.25) is 0 Å². The van der Waals surface area contributed by atoms with Gasteiger partial charge < -0.3 is 9.84 Å². The van der Waals surface area contributed by atoms with Gasteiger partial charge >= 0.3 is 0 Å². The summed E-state index contributed by atoms with van der Waals surface area (Å²) in [5, 5.41) is 9.93. The van der Waals surface area contributed by atoms with Gasteiger partial charge in [0.2, 0.25) is 0 Å². The average molecular weight is 241 g/mol. The summed E-state index contributed by atoms with van der Waals surface area (Å²) in [4.78, 5) is 1.91. The Morgan fingerprint density at radius 1 is 1.00 bits per heavy atom. The van der Waals surface area contributed by atoms with Gasteiger partial charge in [-0.3, -0.25) is 0 Å². The van der Waals surface area contributed by atoms with Crippen LogP contribution >= 0.6 is 0 Å². The molecule has 0 aliphatic carbocycles. The second-order valence-electron chi connectivity index (χ2n) is 4.21. The molecular weight excluding hydrogens is 230 g/mol. The van der Waals surface area contributed by atoms with Crippen LogP contribution in [0.4, 0.5) is 0 Å². The Morgan fingerprint density at radius 3 is 2.28 bits per heavy atom. The molecule has 2 aromatic carbocycles. The first kappa shape index (κ1) is 9.47. The summed E-state index contributed by atoms with van der Waals surface area (Å²) in [5.74, 6) is 0.955. The van der Waals surface area contributed by atoms with Crippen LogP contribution in [-0.4, -0.2) is 26.3 Å². The Labute approximate surface area is 102 Å². The molecule has 90 valence electrons. The number of benzene rings is 2. The molecule has 0 radical (unpaired) electrons. The highest BCUT2D eigenvalue weighted by atomic mass is 16.5. The molecule has 5 heteroatoms. The van der Waals surface area contributed by atoms with E-state index in [1.54, 1.807) is 19.2 Å². The van der Waals surface area contributed by atoms with Gasteiger partial charge in [0.05, 0.1) is 7.11 Å². The molecule has 0 unspecified atom stereocenters. The second kappa shape index (κ2) is 3.01. The van der Waals surface area contributed by atoms with Crippen LogP contribution in [0.25, 0.3) is 16.7 Å². The number of phenols is 1. The highest BCUT2D eigenvalue weighted by molar-refractivity contribution is 5.79. The number of aromatic hydroxyl groups is 1. The first-order valence-electron chi connectivity index (χ1n) is 5.67. The number of ether oxygens (including phenoxy) is 1. The summed E-state index contributed by atoms with van der Waals surface area (Å²) < 4.78 is 9.16. The maximum absolute atomic E-state index is 9.93. The van der Waals surface area contributed by atoms with Gasteiger partial charge in [0.15, 0.2) is 0 Å². The van der Waals surface area contributed by atoms with E-state index < -0.39 is 0 Å². The minimum absolute atomic E-state index is 0.233. The van der Waals surface area contributed by atoms with Crippen molar-refractivity contribution in [3.8, 4) is 17.2 Å². The molecule has 2 aromatic heterocycles. The quantitative estimate of drug-likeness (QED) is 0.584. The van der Waals surface area contributed by atoms with E-state index in [4.69, 9.17) is 4.74 Å². The molecule has 0 amide bonds. The number of nitrogens with zero attached hydrogens (tertiary/aromatic N) is 3. The molecule has 18 heavy (non-hydrogen) atoms. The van der Waals surface area contributed by atoms with Crippen molar-refractivity contribution in [1.29, 1.82) is 0 Å². The van der Waals surface area contributed by atoms with E-state index >= 15 is 0 Å². The zero-order valence-electron chi connectivity index (χ0n) is 9.74. The third-order valence-electron chi connectivity index (χ3n) is 3.22. The maximum Gasteiger partial charge on any atom is 0.143 e. The third kappa shape index (κ3) is 1.01. The summed E-state index contributed by atoms with van der Waals surface area (Å²) in [6.45, 7) is 0. The predicted octanol–water partition coefficient (Wildman–Crippen LogP) is 2.13. The van der Waals surface area contributed by atoms with Crippen LogP contribution in [-0.2, 0) is 0 Å². The second-order valence-corrected chi connectivity index (χ2v) is 4.21. The van der Waals surface area contributed by atoms with Crippen LogP contribution in [0, 0.1) is 0 Å². The molecule has 0 aliphatic rings. The maximum atomic E-state index is 9.93. The number of rotatable bonds is 2. The molecule has 5 nitrogen and oxygen atoms in total. The molecule has 0 spiro atoms. The average Bonchev–Trinajstić information content (AvgIpc) is 3.05. The summed E-state index contributed by atoms with van der Waals surface area (Å²) in [6, 6.07) is 13.3. The van der Waals surface area contributed by atoms with Crippen LogP contribution in [0.1, 0.15) is 0 Å². The smallest absolute Gasteiger partial charge is 0.143 e. The van der Waals surface area contributed by atoms with Gasteiger partial charge in [-0.2, -0.15) is 0 Å². The van der Waals surface area contributed by atoms with Gasteiger partial charge in [-0.05, 0) is 24.3 Å². The molecule has 0 saturated heterocycles. The standard InChI is InChI=1S/C13H11N3O2/c1-18-9-6-7-13(17)12(8-9)16-14-10-4-2-3-5-11(10)15(14)16/h2-8,17H,1H3. The monoisotopic (exact) mass is 241 g/mol. The molecule has 4 rings (SSSR count). The van der Waals surface area contributed by atoms with Gasteiger partial charge in [0, 0.05) is 6.07 Å². The van der Waals surface area contributed by atoms with E-state index in [0.717, 1.165) is 16.8 Å². The highest BCUT2D eigenvalue weighted by Gasteiger charge is 2.25. The SMILES string of the molecule is COc1ccc(O)c(-n2n3c4ccccc4n23)c1. The first-order chi connectivity index (χ1) is 8.81. The fourth-order valence-corrected chi connectivity index (χ4v) is 2.29. The zero-order chi connectivity index (χ0) is 12.3. The molecule has 0 aliphatic heterocycles. The van der Waals surface area contributed by atoms with Gasteiger partial charge in [0.25, 0.3) is 0 Å². The van der Waals surface area contributed by atoms with E-state index in [9.17, 15) is 5.11 Å². The van der Waals surface area contributed by atoms with Gasteiger partial charge in [-0.25, -0.2) is 0 Å². The molecule has 4 aromatic rings. The van der Waals surface area contributed by atoms with E-state index in [1.807, 2.05) is 44.4 Å². The Bertz CT molecular complexity index is 795. The Balaban J connectivity index is 1.95. The van der Waals surface area contributed by atoms with Crippen LogP contribution in [0.15, 0.2) is 42.5 Å². The van der Waals surface area contributed by atoms with E-state index in [2.05, 4.69) is 0 Å². The lowest BCUT2D eigenvalue weighted by atomic mass is 10.3. The number of hydrogen-bond acceptors (Lipinski definition) is 2. The number of methoxy groups -OCH3 is 1. The summed E-state index contributed by atoms with van der Waals surface area (Å²) in [5.41, 5.74) is 2.99. The Kier molecular flexibility index (Phi) is 1.58. The first-order valence-corrected chi connectivity index (χ1v) is 5.67.